The highest BCUT2D eigenvalue weighted by atomic mass is 79.9. The van der Waals surface area contributed by atoms with E-state index in [4.69, 9.17) is 0 Å². The molecule has 0 atom stereocenters. The van der Waals surface area contributed by atoms with Crippen molar-refractivity contribution in [1.82, 2.24) is 4.98 Å². The van der Waals surface area contributed by atoms with Gasteiger partial charge in [-0.2, -0.15) is 0 Å². The van der Waals surface area contributed by atoms with E-state index in [-0.39, 0.29) is 5.78 Å². The van der Waals surface area contributed by atoms with Crippen LogP contribution in [0.2, 0.25) is 0 Å². The monoisotopic (exact) mass is 225 g/mol. The molecule has 62 valence electrons. The highest BCUT2D eigenvalue weighted by Crippen LogP contribution is 2.10. The van der Waals surface area contributed by atoms with E-state index in [0.29, 0.717) is 6.42 Å². The molecule has 1 rings (SSSR count). The second-order valence-electron chi connectivity index (χ2n) is 2.36. The molecule has 1 heterocycles. The van der Waals surface area contributed by atoms with Crippen LogP contribution in [-0.4, -0.2) is 10.8 Å². The molecule has 0 fully saturated rings. The summed E-state index contributed by atoms with van der Waals surface area (Å²) in [6.07, 6.45) is 5.05. The van der Waals surface area contributed by atoms with Crippen molar-refractivity contribution in [2.75, 3.05) is 0 Å². The molecule has 0 aromatic carbocycles. The first-order chi connectivity index (χ1) is 5.72. The summed E-state index contributed by atoms with van der Waals surface area (Å²) in [5, 5.41) is 0. The number of hydrogen-bond donors (Lipinski definition) is 0. The van der Waals surface area contributed by atoms with Crippen LogP contribution in [0.5, 0.6) is 0 Å². The topological polar surface area (TPSA) is 30.0 Å². The first-order valence-electron chi connectivity index (χ1n) is 3.47. The number of aromatic nitrogens is 1. The molecular formula is C9H8BrNO. The van der Waals surface area contributed by atoms with Gasteiger partial charge in [-0.25, -0.2) is 0 Å². The zero-order chi connectivity index (χ0) is 8.97. The van der Waals surface area contributed by atoms with Gasteiger partial charge >= 0.3 is 0 Å². The van der Waals surface area contributed by atoms with Crippen molar-refractivity contribution < 1.29 is 4.79 Å². The van der Waals surface area contributed by atoms with E-state index in [1.54, 1.807) is 12.4 Å². The van der Waals surface area contributed by atoms with Gasteiger partial charge in [0.15, 0.2) is 5.78 Å². The zero-order valence-corrected chi connectivity index (χ0v) is 8.04. The molecule has 0 saturated carbocycles. The van der Waals surface area contributed by atoms with Crippen molar-refractivity contribution >= 4 is 21.7 Å². The van der Waals surface area contributed by atoms with E-state index in [2.05, 4.69) is 27.5 Å². The third kappa shape index (κ3) is 2.58. The predicted molar refractivity (Wildman–Crippen MR) is 50.8 cm³/mol. The maximum Gasteiger partial charge on any atom is 0.159 e. The Morgan fingerprint density at radius 1 is 1.67 bits per heavy atom. The average Bonchev–Trinajstić information content (AvgIpc) is 2.04. The summed E-state index contributed by atoms with van der Waals surface area (Å²) in [7, 11) is 0. The minimum atomic E-state index is 0.00917. The van der Waals surface area contributed by atoms with Gasteiger partial charge in [0.2, 0.25) is 0 Å². The summed E-state index contributed by atoms with van der Waals surface area (Å²) in [5.74, 6) is 0.00917. The molecule has 0 aliphatic rings. The van der Waals surface area contributed by atoms with Gasteiger partial charge in [-0.3, -0.25) is 9.78 Å². The Labute approximate surface area is 79.5 Å². The number of pyridine rings is 1. The maximum absolute atomic E-state index is 10.9. The Balaban J connectivity index is 2.76. The van der Waals surface area contributed by atoms with Gasteiger partial charge in [0.25, 0.3) is 0 Å². The number of hydrogen-bond acceptors (Lipinski definition) is 2. The van der Waals surface area contributed by atoms with E-state index in [1.165, 1.54) is 6.08 Å². The molecule has 0 aliphatic carbocycles. The Hall–Kier alpha value is -0.960. The number of rotatable bonds is 3. The lowest BCUT2D eigenvalue weighted by atomic mass is 10.1. The van der Waals surface area contributed by atoms with Gasteiger partial charge in [-0.05, 0) is 33.6 Å². The van der Waals surface area contributed by atoms with Crippen LogP contribution in [0.3, 0.4) is 0 Å². The van der Waals surface area contributed by atoms with Crippen molar-refractivity contribution in [3.05, 3.63) is 41.2 Å². The van der Waals surface area contributed by atoms with Crippen molar-refractivity contribution in [3.8, 4) is 0 Å². The molecule has 1 aromatic rings. The fraction of sp³-hybridized carbons (Fsp3) is 0.111. The number of carbonyl (C=O) groups is 1. The summed E-state index contributed by atoms with van der Waals surface area (Å²) >= 11 is 3.27. The molecule has 2 nitrogen and oxygen atoms in total. The fourth-order valence-electron chi connectivity index (χ4n) is 0.826. The van der Waals surface area contributed by atoms with Crippen LogP contribution in [0.25, 0.3) is 0 Å². The minimum absolute atomic E-state index is 0.00917. The van der Waals surface area contributed by atoms with Gasteiger partial charge in [-0.15, -0.1) is 0 Å². The van der Waals surface area contributed by atoms with Crippen molar-refractivity contribution in [3.63, 3.8) is 0 Å². The van der Waals surface area contributed by atoms with Crippen LogP contribution in [0.1, 0.15) is 5.56 Å². The molecule has 3 heteroatoms. The first kappa shape index (κ1) is 9.13. The third-order valence-corrected chi connectivity index (χ3v) is 1.80. The standard InChI is InChI=1S/C9H8BrNO/c1-2-9(12)4-7-3-8(10)6-11-5-7/h2-3,5-6H,1,4H2. The summed E-state index contributed by atoms with van der Waals surface area (Å²) in [5.41, 5.74) is 0.897. The lowest BCUT2D eigenvalue weighted by Gasteiger charge is -1.96. The van der Waals surface area contributed by atoms with Gasteiger partial charge in [0.1, 0.15) is 0 Å². The molecule has 0 radical (unpaired) electrons. The van der Waals surface area contributed by atoms with Gasteiger partial charge < -0.3 is 0 Å². The Morgan fingerprint density at radius 2 is 2.42 bits per heavy atom. The lowest BCUT2D eigenvalue weighted by molar-refractivity contribution is -0.114. The van der Waals surface area contributed by atoms with Crippen molar-refractivity contribution in [2.24, 2.45) is 0 Å². The Bertz CT molecular complexity index is 309. The molecule has 0 amide bonds. The number of halogens is 1. The van der Waals surface area contributed by atoms with E-state index >= 15 is 0 Å². The van der Waals surface area contributed by atoms with Crippen LogP contribution >= 0.6 is 15.9 Å². The van der Waals surface area contributed by atoms with E-state index < -0.39 is 0 Å². The van der Waals surface area contributed by atoms with E-state index in [1.807, 2.05) is 6.07 Å². The molecule has 0 aliphatic heterocycles. The zero-order valence-electron chi connectivity index (χ0n) is 6.46. The van der Waals surface area contributed by atoms with E-state index in [0.717, 1.165) is 10.0 Å². The molecule has 1 aromatic heterocycles. The molecule has 12 heavy (non-hydrogen) atoms. The highest BCUT2D eigenvalue weighted by Gasteiger charge is 1.99. The second-order valence-corrected chi connectivity index (χ2v) is 3.27. The van der Waals surface area contributed by atoms with Crippen LogP contribution in [0, 0.1) is 0 Å². The minimum Gasteiger partial charge on any atom is -0.295 e. The van der Waals surface area contributed by atoms with Crippen LogP contribution in [0.15, 0.2) is 35.6 Å². The maximum atomic E-state index is 10.9. The number of allylic oxidation sites excluding steroid dienone is 1. The molecule has 0 unspecified atom stereocenters. The summed E-state index contributed by atoms with van der Waals surface area (Å²) < 4.78 is 0.886. The molecule has 0 spiro atoms. The van der Waals surface area contributed by atoms with Crippen LogP contribution < -0.4 is 0 Å². The SMILES string of the molecule is C=CC(=O)Cc1cncc(Br)c1. The number of carbonyl (C=O) groups excluding carboxylic acids is 1. The Kier molecular flexibility index (Phi) is 3.17. The summed E-state index contributed by atoms with van der Waals surface area (Å²) in [6, 6.07) is 1.87. The van der Waals surface area contributed by atoms with Crippen molar-refractivity contribution in [2.45, 2.75) is 6.42 Å². The Morgan fingerprint density at radius 3 is 3.00 bits per heavy atom. The normalized spacial score (nSPS) is 9.42. The van der Waals surface area contributed by atoms with Gasteiger partial charge in [0.05, 0.1) is 0 Å². The summed E-state index contributed by atoms with van der Waals surface area (Å²) in [6.45, 7) is 3.40. The molecule has 0 bridgehead atoms. The van der Waals surface area contributed by atoms with Gasteiger partial charge in [0, 0.05) is 23.3 Å². The smallest absolute Gasteiger partial charge is 0.159 e. The van der Waals surface area contributed by atoms with Crippen LogP contribution in [0.4, 0.5) is 0 Å². The van der Waals surface area contributed by atoms with Crippen molar-refractivity contribution in [1.29, 1.82) is 0 Å². The quantitative estimate of drug-likeness (QED) is 0.739. The van der Waals surface area contributed by atoms with E-state index in [9.17, 15) is 4.79 Å². The fourth-order valence-corrected chi connectivity index (χ4v) is 1.24. The summed E-state index contributed by atoms with van der Waals surface area (Å²) in [4.78, 5) is 14.9. The second kappa shape index (κ2) is 4.16. The van der Waals surface area contributed by atoms with Gasteiger partial charge in [-0.1, -0.05) is 6.58 Å². The van der Waals surface area contributed by atoms with Crippen LogP contribution in [-0.2, 0) is 11.2 Å². The largest absolute Gasteiger partial charge is 0.295 e. The molecule has 0 N–H and O–H groups in total. The predicted octanol–water partition coefficient (Wildman–Crippen LogP) is 2.14. The lowest BCUT2D eigenvalue weighted by Crippen LogP contribution is -1.97. The number of ketones is 1. The third-order valence-electron chi connectivity index (χ3n) is 1.37. The first-order valence-corrected chi connectivity index (χ1v) is 4.26. The molecule has 0 saturated heterocycles. The average molecular weight is 226 g/mol. The molecular weight excluding hydrogens is 218 g/mol. The number of nitrogens with zero attached hydrogens (tertiary/aromatic N) is 1. The highest BCUT2D eigenvalue weighted by molar-refractivity contribution is 9.10.